The van der Waals surface area contributed by atoms with Gasteiger partial charge in [-0.1, -0.05) is 23.9 Å². The summed E-state index contributed by atoms with van der Waals surface area (Å²) in [5, 5.41) is 0. The van der Waals surface area contributed by atoms with Crippen molar-refractivity contribution in [1.82, 2.24) is 0 Å². The van der Waals surface area contributed by atoms with Crippen LogP contribution in [0.3, 0.4) is 0 Å². The molecular weight excluding hydrogens is 362 g/mol. The Kier molecular flexibility index (Phi) is 5.45. The third-order valence-corrected chi connectivity index (χ3v) is 5.61. The summed E-state index contributed by atoms with van der Waals surface area (Å²) in [4.78, 5) is 1.21. The lowest BCUT2D eigenvalue weighted by Crippen LogP contribution is -3.00. The summed E-state index contributed by atoms with van der Waals surface area (Å²) >= 11 is 1.74. The summed E-state index contributed by atoms with van der Waals surface area (Å²) in [5.74, 6) is -0.181. The zero-order valence-electron chi connectivity index (χ0n) is 7.87. The fourth-order valence-electron chi connectivity index (χ4n) is 1.08. The number of hydrogen-bond donors (Lipinski definition) is 0. The standard InChI is InChI=1S/C10H8FS3.HI/c1-12-10-6-9(13-14-10)7-2-4-8(11)5-3-7;/h2-6H,1H3;1H/q+1;/p-1. The maximum Gasteiger partial charge on any atom is 0.308 e. The van der Waals surface area contributed by atoms with E-state index in [1.165, 1.54) is 21.2 Å². The quantitative estimate of drug-likeness (QED) is 0.335. The van der Waals surface area contributed by atoms with Gasteiger partial charge in [-0.2, -0.15) is 0 Å². The zero-order valence-corrected chi connectivity index (χ0v) is 12.5. The number of halogens is 2. The highest BCUT2D eigenvalue weighted by atomic mass is 127. The first-order valence-corrected chi connectivity index (χ1v) is 7.40. The molecule has 0 aliphatic carbocycles. The minimum Gasteiger partial charge on any atom is -1.00 e. The normalized spacial score (nSPS) is 9.73. The van der Waals surface area contributed by atoms with E-state index in [0.717, 1.165) is 5.56 Å². The molecule has 0 bridgehead atoms. The molecule has 0 amide bonds. The number of rotatable bonds is 2. The second kappa shape index (κ2) is 6.12. The van der Waals surface area contributed by atoms with Gasteiger partial charge in [0.1, 0.15) is 5.82 Å². The first-order chi connectivity index (χ1) is 6.79. The summed E-state index contributed by atoms with van der Waals surface area (Å²) in [6, 6.07) is 8.78. The summed E-state index contributed by atoms with van der Waals surface area (Å²) in [6.45, 7) is 0. The highest BCUT2D eigenvalue weighted by molar-refractivity contribution is 8.02. The van der Waals surface area contributed by atoms with Crippen molar-refractivity contribution in [2.45, 2.75) is 4.21 Å². The molecule has 5 heteroatoms. The van der Waals surface area contributed by atoms with Gasteiger partial charge in [-0.15, -0.1) is 0 Å². The van der Waals surface area contributed by atoms with Crippen LogP contribution in [0, 0.1) is 5.82 Å². The second-order valence-corrected chi connectivity index (χ2v) is 6.02. The Morgan fingerprint density at radius 2 is 1.93 bits per heavy atom. The Hall–Kier alpha value is 0.280. The van der Waals surface area contributed by atoms with Gasteiger partial charge in [0.25, 0.3) is 4.21 Å². The molecule has 0 nitrogen and oxygen atoms in total. The minimum atomic E-state index is -0.181. The van der Waals surface area contributed by atoms with E-state index in [1.807, 2.05) is 12.1 Å². The molecule has 0 spiro atoms. The number of benzene rings is 1. The van der Waals surface area contributed by atoms with Crippen molar-refractivity contribution < 1.29 is 28.4 Å². The van der Waals surface area contributed by atoms with Gasteiger partial charge in [0.15, 0.2) is 10.3 Å². The molecule has 2 rings (SSSR count). The summed E-state index contributed by atoms with van der Waals surface area (Å²) < 4.78 is 14.0. The third kappa shape index (κ3) is 3.37. The minimum absolute atomic E-state index is 0. The van der Waals surface area contributed by atoms with Crippen molar-refractivity contribution in [3.05, 3.63) is 36.1 Å². The van der Waals surface area contributed by atoms with Crippen LogP contribution in [0.25, 0.3) is 10.4 Å². The van der Waals surface area contributed by atoms with Crippen molar-refractivity contribution in [2.24, 2.45) is 0 Å². The summed E-state index contributed by atoms with van der Waals surface area (Å²) in [5.41, 5.74) is 1.09. The molecule has 0 fully saturated rings. The average Bonchev–Trinajstić information content (AvgIpc) is 2.67. The molecule has 1 heterocycles. The third-order valence-electron chi connectivity index (χ3n) is 1.79. The van der Waals surface area contributed by atoms with Crippen LogP contribution >= 0.6 is 32.4 Å². The van der Waals surface area contributed by atoms with Crippen LogP contribution in [0.15, 0.2) is 34.5 Å². The van der Waals surface area contributed by atoms with Gasteiger partial charge in [0.05, 0.1) is 4.88 Å². The van der Waals surface area contributed by atoms with Crippen LogP contribution in [0.4, 0.5) is 4.39 Å². The smallest absolute Gasteiger partial charge is 0.308 e. The molecule has 0 N–H and O–H groups in total. The molecule has 0 saturated heterocycles. The highest BCUT2D eigenvalue weighted by Gasteiger charge is 2.13. The SMILES string of the molecule is CSc1cc(-c2ccc(F)cc2)s[s+]1.[I-]. The van der Waals surface area contributed by atoms with E-state index in [-0.39, 0.29) is 29.8 Å². The molecule has 80 valence electrons. The maximum absolute atomic E-state index is 12.7. The Morgan fingerprint density at radius 1 is 1.27 bits per heavy atom. The topological polar surface area (TPSA) is 0 Å². The summed E-state index contributed by atoms with van der Waals surface area (Å²) in [6.07, 6.45) is 2.06. The molecule has 0 aliphatic rings. The fourth-order valence-corrected chi connectivity index (χ4v) is 4.48. The number of thioether (sulfide) groups is 1. The van der Waals surface area contributed by atoms with Crippen molar-refractivity contribution in [3.63, 3.8) is 0 Å². The van der Waals surface area contributed by atoms with Crippen LogP contribution < -0.4 is 24.0 Å². The first kappa shape index (κ1) is 13.3. The Balaban J connectivity index is 0.00000112. The Labute approximate surface area is 117 Å². The average molecular weight is 370 g/mol. The van der Waals surface area contributed by atoms with E-state index in [2.05, 4.69) is 12.3 Å². The molecule has 0 radical (unpaired) electrons. The van der Waals surface area contributed by atoms with Gasteiger partial charge in [0, 0.05) is 6.07 Å². The van der Waals surface area contributed by atoms with E-state index in [9.17, 15) is 4.39 Å². The van der Waals surface area contributed by atoms with Crippen molar-refractivity contribution in [1.29, 1.82) is 0 Å². The molecule has 0 aliphatic heterocycles. The Bertz CT molecular complexity index is 424. The van der Waals surface area contributed by atoms with Crippen LogP contribution in [0.2, 0.25) is 0 Å². The van der Waals surface area contributed by atoms with Gasteiger partial charge in [0.2, 0.25) is 0 Å². The lowest BCUT2D eigenvalue weighted by molar-refractivity contribution is -0.00000322. The van der Waals surface area contributed by atoms with E-state index in [4.69, 9.17) is 0 Å². The second-order valence-electron chi connectivity index (χ2n) is 2.71. The predicted molar refractivity (Wildman–Crippen MR) is 63.8 cm³/mol. The lowest BCUT2D eigenvalue weighted by Gasteiger charge is -1.92. The van der Waals surface area contributed by atoms with E-state index in [0.29, 0.717) is 0 Å². The fraction of sp³-hybridized carbons (Fsp3) is 0.100. The van der Waals surface area contributed by atoms with Crippen LogP contribution in [-0.4, -0.2) is 6.26 Å². The zero-order chi connectivity index (χ0) is 9.97. The van der Waals surface area contributed by atoms with Crippen molar-refractivity contribution >= 4 is 32.4 Å². The molecule has 2 aromatic rings. The molecular formula is C10H8FIS3. The molecule has 0 unspecified atom stereocenters. The molecule has 0 saturated carbocycles. The van der Waals surface area contributed by atoms with Gasteiger partial charge in [-0.25, -0.2) is 4.39 Å². The molecule has 1 aromatic heterocycles. The van der Waals surface area contributed by atoms with Gasteiger partial charge >= 0.3 is 10.3 Å². The Morgan fingerprint density at radius 3 is 2.47 bits per heavy atom. The monoisotopic (exact) mass is 370 g/mol. The predicted octanol–water partition coefficient (Wildman–Crippen LogP) is 1.62. The first-order valence-electron chi connectivity index (χ1n) is 4.02. The number of hydrogen-bond acceptors (Lipinski definition) is 2. The van der Waals surface area contributed by atoms with Crippen molar-refractivity contribution in [2.75, 3.05) is 6.26 Å². The molecule has 0 atom stereocenters. The van der Waals surface area contributed by atoms with Crippen LogP contribution in [0.5, 0.6) is 0 Å². The van der Waals surface area contributed by atoms with Crippen molar-refractivity contribution in [3.8, 4) is 10.4 Å². The van der Waals surface area contributed by atoms with E-state index >= 15 is 0 Å². The largest absolute Gasteiger partial charge is 1.00 e. The van der Waals surface area contributed by atoms with Gasteiger partial charge < -0.3 is 24.0 Å². The van der Waals surface area contributed by atoms with Crippen LogP contribution in [-0.2, 0) is 0 Å². The van der Waals surface area contributed by atoms with E-state index in [1.54, 1.807) is 32.4 Å². The molecule has 15 heavy (non-hydrogen) atoms. The van der Waals surface area contributed by atoms with Gasteiger partial charge in [-0.3, -0.25) is 0 Å². The van der Waals surface area contributed by atoms with Gasteiger partial charge in [-0.05, 0) is 24.0 Å². The van der Waals surface area contributed by atoms with Crippen LogP contribution in [0.1, 0.15) is 0 Å². The highest BCUT2D eigenvalue weighted by Crippen LogP contribution is 2.35. The lowest BCUT2D eigenvalue weighted by atomic mass is 10.2. The molecule has 1 aromatic carbocycles. The maximum atomic E-state index is 12.7. The summed E-state index contributed by atoms with van der Waals surface area (Å²) in [7, 11) is 3.49. The van der Waals surface area contributed by atoms with E-state index < -0.39 is 0 Å².